The van der Waals surface area contributed by atoms with Gasteiger partial charge in [0.1, 0.15) is 12.4 Å². The minimum absolute atomic E-state index is 0.259. The molecule has 0 saturated heterocycles. The van der Waals surface area contributed by atoms with E-state index in [0.717, 1.165) is 10.7 Å². The van der Waals surface area contributed by atoms with Crippen LogP contribution in [0.3, 0.4) is 0 Å². The number of anilines is 1. The number of rotatable bonds is 4. The third kappa shape index (κ3) is 5.00. The molecule has 0 atom stereocenters. The molecule has 1 N–H and O–H groups in total. The highest BCUT2D eigenvalue weighted by Crippen LogP contribution is 2.33. The Labute approximate surface area is 166 Å². The summed E-state index contributed by atoms with van der Waals surface area (Å²) in [5, 5.41) is 6.80. The third-order valence-corrected chi connectivity index (χ3v) is 4.11. The van der Waals surface area contributed by atoms with Gasteiger partial charge < -0.3 is 5.32 Å². The molecule has 0 fully saturated rings. The fourth-order valence-corrected chi connectivity index (χ4v) is 2.62. The summed E-state index contributed by atoms with van der Waals surface area (Å²) in [5.74, 6) is -2.25. The first-order chi connectivity index (χ1) is 13.6. The topological polar surface area (TPSA) is 64.0 Å². The van der Waals surface area contributed by atoms with Crippen molar-refractivity contribution >= 4 is 23.2 Å². The van der Waals surface area contributed by atoms with Gasteiger partial charge in [-0.15, -0.1) is 0 Å². The second-order valence-corrected chi connectivity index (χ2v) is 6.40. The normalized spacial score (nSPS) is 11.3. The van der Waals surface area contributed by atoms with Crippen molar-refractivity contribution in [2.24, 2.45) is 0 Å². The zero-order chi connectivity index (χ0) is 21.2. The molecule has 2 aromatic carbocycles. The number of carbonyl (C=O) groups is 1. The van der Waals surface area contributed by atoms with Crippen molar-refractivity contribution in [1.82, 2.24) is 9.78 Å². The molecule has 10 heteroatoms. The minimum Gasteiger partial charge on any atom is -0.324 e. The van der Waals surface area contributed by atoms with E-state index < -0.39 is 35.6 Å². The van der Waals surface area contributed by atoms with Gasteiger partial charge in [-0.3, -0.25) is 9.59 Å². The lowest BCUT2D eigenvalue weighted by molar-refractivity contribution is -0.140. The second kappa shape index (κ2) is 8.04. The Morgan fingerprint density at radius 1 is 1.07 bits per heavy atom. The minimum atomic E-state index is -4.91. The summed E-state index contributed by atoms with van der Waals surface area (Å²) in [4.78, 5) is 24.1. The SMILES string of the molecule is O=C(Cn1nc(-c2ccc(Cl)cc2)ccc1=O)Nc1ccc(F)c(C(F)(F)F)c1. The predicted molar refractivity (Wildman–Crippen MR) is 99.0 cm³/mol. The van der Waals surface area contributed by atoms with Gasteiger partial charge in [0, 0.05) is 22.3 Å². The number of amides is 1. The number of alkyl halides is 3. The first kappa shape index (κ1) is 20.5. The van der Waals surface area contributed by atoms with Gasteiger partial charge in [0.15, 0.2) is 0 Å². The smallest absolute Gasteiger partial charge is 0.324 e. The van der Waals surface area contributed by atoms with Gasteiger partial charge in [0.2, 0.25) is 5.91 Å². The van der Waals surface area contributed by atoms with Gasteiger partial charge in [-0.05, 0) is 36.4 Å². The van der Waals surface area contributed by atoms with Crippen LogP contribution in [0.4, 0.5) is 23.2 Å². The lowest BCUT2D eigenvalue weighted by Gasteiger charge is -2.11. The second-order valence-electron chi connectivity index (χ2n) is 5.96. The largest absolute Gasteiger partial charge is 0.419 e. The molecule has 3 rings (SSSR count). The number of nitrogens with zero attached hydrogens (tertiary/aromatic N) is 2. The van der Waals surface area contributed by atoms with E-state index >= 15 is 0 Å². The van der Waals surface area contributed by atoms with E-state index in [9.17, 15) is 27.2 Å². The molecule has 0 aliphatic carbocycles. The number of aromatic nitrogens is 2. The highest BCUT2D eigenvalue weighted by Gasteiger charge is 2.34. The van der Waals surface area contributed by atoms with E-state index in [1.54, 1.807) is 24.3 Å². The maximum atomic E-state index is 13.3. The van der Waals surface area contributed by atoms with Gasteiger partial charge in [-0.1, -0.05) is 23.7 Å². The van der Waals surface area contributed by atoms with Crippen LogP contribution in [0.15, 0.2) is 59.4 Å². The Balaban J connectivity index is 1.80. The van der Waals surface area contributed by atoms with E-state index in [2.05, 4.69) is 10.4 Å². The Morgan fingerprint density at radius 3 is 2.41 bits per heavy atom. The first-order valence-electron chi connectivity index (χ1n) is 8.14. The van der Waals surface area contributed by atoms with E-state index in [4.69, 9.17) is 11.6 Å². The molecule has 150 valence electrons. The zero-order valence-corrected chi connectivity index (χ0v) is 15.3. The Morgan fingerprint density at radius 2 is 1.76 bits per heavy atom. The fraction of sp³-hybridized carbons (Fsp3) is 0.105. The van der Waals surface area contributed by atoms with Crippen LogP contribution in [0.25, 0.3) is 11.3 Å². The molecule has 0 spiro atoms. The number of hydrogen-bond acceptors (Lipinski definition) is 3. The van der Waals surface area contributed by atoms with Gasteiger partial charge in [-0.25, -0.2) is 9.07 Å². The molecule has 1 aromatic heterocycles. The molecule has 1 amide bonds. The number of carbonyl (C=O) groups excluding carboxylic acids is 1. The van der Waals surface area contributed by atoms with Crippen LogP contribution in [0, 0.1) is 5.82 Å². The van der Waals surface area contributed by atoms with Gasteiger partial charge >= 0.3 is 6.18 Å². The molecular weight excluding hydrogens is 414 g/mol. The molecule has 5 nitrogen and oxygen atoms in total. The fourth-order valence-electron chi connectivity index (χ4n) is 2.49. The summed E-state index contributed by atoms with van der Waals surface area (Å²) in [6.07, 6.45) is -4.91. The first-order valence-corrected chi connectivity index (χ1v) is 8.52. The number of hydrogen-bond donors (Lipinski definition) is 1. The average molecular weight is 426 g/mol. The molecule has 0 saturated carbocycles. The van der Waals surface area contributed by atoms with Crippen molar-refractivity contribution < 1.29 is 22.4 Å². The average Bonchev–Trinajstić information content (AvgIpc) is 2.65. The van der Waals surface area contributed by atoms with Gasteiger partial charge in [-0.2, -0.15) is 18.3 Å². The summed E-state index contributed by atoms with van der Waals surface area (Å²) >= 11 is 5.83. The van der Waals surface area contributed by atoms with Crippen LogP contribution < -0.4 is 10.9 Å². The third-order valence-electron chi connectivity index (χ3n) is 3.86. The Bertz CT molecular complexity index is 1110. The van der Waals surface area contributed by atoms with Crippen LogP contribution in [-0.2, 0) is 17.5 Å². The number of halogens is 5. The zero-order valence-electron chi connectivity index (χ0n) is 14.5. The Hall–Kier alpha value is -3.20. The van der Waals surface area contributed by atoms with Crippen LogP contribution in [0.5, 0.6) is 0 Å². The van der Waals surface area contributed by atoms with E-state index in [-0.39, 0.29) is 5.69 Å². The van der Waals surface area contributed by atoms with E-state index in [1.807, 2.05) is 0 Å². The monoisotopic (exact) mass is 425 g/mol. The number of benzene rings is 2. The van der Waals surface area contributed by atoms with Gasteiger partial charge in [0.05, 0.1) is 11.3 Å². The summed E-state index contributed by atoms with van der Waals surface area (Å²) < 4.78 is 52.5. The summed E-state index contributed by atoms with van der Waals surface area (Å²) in [7, 11) is 0. The highest BCUT2D eigenvalue weighted by molar-refractivity contribution is 6.30. The van der Waals surface area contributed by atoms with Crippen molar-refractivity contribution in [2.45, 2.75) is 12.7 Å². The predicted octanol–water partition coefficient (Wildman–Crippen LogP) is 4.36. The van der Waals surface area contributed by atoms with E-state index in [1.165, 1.54) is 12.1 Å². The number of nitrogens with one attached hydrogen (secondary N) is 1. The summed E-state index contributed by atoms with van der Waals surface area (Å²) in [6.45, 7) is -0.543. The van der Waals surface area contributed by atoms with Crippen LogP contribution in [0.1, 0.15) is 5.56 Å². The van der Waals surface area contributed by atoms with Gasteiger partial charge in [0.25, 0.3) is 5.56 Å². The molecule has 0 aliphatic heterocycles. The van der Waals surface area contributed by atoms with Crippen LogP contribution in [0.2, 0.25) is 5.02 Å². The summed E-state index contributed by atoms with van der Waals surface area (Å²) in [5.41, 5.74) is -1.29. The maximum Gasteiger partial charge on any atom is 0.419 e. The molecule has 1 heterocycles. The molecular formula is C19H12ClF4N3O2. The lowest BCUT2D eigenvalue weighted by Crippen LogP contribution is -2.29. The van der Waals surface area contributed by atoms with Crippen molar-refractivity contribution in [2.75, 3.05) is 5.32 Å². The quantitative estimate of drug-likeness (QED) is 0.632. The summed E-state index contributed by atoms with van der Waals surface area (Å²) in [6, 6.07) is 11.4. The molecule has 3 aromatic rings. The standard InChI is InChI=1S/C19H12ClF4N3O2/c20-12-3-1-11(2-4-12)16-7-8-18(29)27(26-16)10-17(28)25-13-5-6-15(21)14(9-13)19(22,23)24/h1-9H,10H2,(H,25,28). The molecule has 29 heavy (non-hydrogen) atoms. The Kier molecular flexibility index (Phi) is 5.69. The molecule has 0 bridgehead atoms. The van der Waals surface area contributed by atoms with Crippen LogP contribution >= 0.6 is 11.6 Å². The van der Waals surface area contributed by atoms with Crippen molar-refractivity contribution in [3.63, 3.8) is 0 Å². The highest BCUT2D eigenvalue weighted by atomic mass is 35.5. The molecule has 0 aliphatic rings. The van der Waals surface area contributed by atoms with Crippen molar-refractivity contribution in [3.05, 3.63) is 81.4 Å². The maximum absolute atomic E-state index is 13.3. The molecule has 0 unspecified atom stereocenters. The lowest BCUT2D eigenvalue weighted by atomic mass is 10.1. The van der Waals surface area contributed by atoms with Crippen molar-refractivity contribution in [1.29, 1.82) is 0 Å². The van der Waals surface area contributed by atoms with E-state index in [0.29, 0.717) is 28.4 Å². The van der Waals surface area contributed by atoms with Crippen LogP contribution in [-0.4, -0.2) is 15.7 Å². The van der Waals surface area contributed by atoms with Crippen molar-refractivity contribution in [3.8, 4) is 11.3 Å². The molecule has 0 radical (unpaired) electrons.